The molecule has 104 valence electrons. The number of nitrogens with zero attached hydrogens (tertiary/aromatic N) is 1. The minimum absolute atomic E-state index is 0.238. The van der Waals surface area contributed by atoms with Gasteiger partial charge < -0.3 is 10.6 Å². The molecule has 0 saturated carbocycles. The van der Waals surface area contributed by atoms with Gasteiger partial charge in [-0.1, -0.05) is 17.7 Å². The molecule has 20 heavy (non-hydrogen) atoms. The van der Waals surface area contributed by atoms with Gasteiger partial charge in [0, 0.05) is 24.0 Å². The molecule has 3 nitrogen and oxygen atoms in total. The fraction of sp³-hybridized carbons (Fsp3) is 0.188. The van der Waals surface area contributed by atoms with Crippen LogP contribution in [0.15, 0.2) is 36.4 Å². The molecule has 0 saturated heterocycles. The van der Waals surface area contributed by atoms with E-state index in [4.69, 9.17) is 5.73 Å². The third kappa shape index (κ3) is 2.79. The van der Waals surface area contributed by atoms with Gasteiger partial charge in [0.2, 0.25) is 0 Å². The molecule has 2 N–H and O–H groups in total. The summed E-state index contributed by atoms with van der Waals surface area (Å²) in [6.45, 7) is 3.93. The molecule has 0 aromatic heterocycles. The first kappa shape index (κ1) is 14.1. The van der Waals surface area contributed by atoms with Crippen LogP contribution in [0.1, 0.15) is 21.5 Å². The second-order valence-electron chi connectivity index (χ2n) is 4.93. The maximum atomic E-state index is 13.3. The van der Waals surface area contributed by atoms with Crippen LogP contribution in [0.2, 0.25) is 0 Å². The van der Waals surface area contributed by atoms with E-state index in [9.17, 15) is 9.18 Å². The zero-order valence-corrected chi connectivity index (χ0v) is 11.8. The molecule has 1 amide bonds. The minimum atomic E-state index is -0.512. The van der Waals surface area contributed by atoms with E-state index in [2.05, 4.69) is 0 Å². The van der Waals surface area contributed by atoms with Crippen LogP contribution < -0.4 is 10.6 Å². The lowest BCUT2D eigenvalue weighted by Gasteiger charge is -2.20. The molecular formula is C16H17FN2O. The van der Waals surface area contributed by atoms with Crippen LogP contribution in [-0.4, -0.2) is 13.0 Å². The second kappa shape index (κ2) is 5.33. The average molecular weight is 272 g/mol. The SMILES string of the molecule is Cc1ccc(N(C)C(=O)c2cc(N)cc(F)c2)c(C)c1. The van der Waals surface area contributed by atoms with Crippen LogP contribution in [-0.2, 0) is 0 Å². The summed E-state index contributed by atoms with van der Waals surface area (Å²) in [4.78, 5) is 13.9. The summed E-state index contributed by atoms with van der Waals surface area (Å²) < 4.78 is 13.3. The van der Waals surface area contributed by atoms with E-state index < -0.39 is 5.82 Å². The maximum Gasteiger partial charge on any atom is 0.258 e. The van der Waals surface area contributed by atoms with Crippen molar-refractivity contribution >= 4 is 17.3 Å². The summed E-state index contributed by atoms with van der Waals surface area (Å²) in [7, 11) is 1.67. The first-order valence-corrected chi connectivity index (χ1v) is 6.30. The molecule has 0 spiro atoms. The van der Waals surface area contributed by atoms with Crippen molar-refractivity contribution in [3.63, 3.8) is 0 Å². The Hall–Kier alpha value is -2.36. The van der Waals surface area contributed by atoms with Crippen molar-refractivity contribution in [2.75, 3.05) is 17.7 Å². The van der Waals surface area contributed by atoms with Crippen LogP contribution in [0, 0.1) is 19.7 Å². The largest absolute Gasteiger partial charge is 0.399 e. The summed E-state index contributed by atoms with van der Waals surface area (Å²) in [6.07, 6.45) is 0. The Morgan fingerprint density at radius 2 is 1.85 bits per heavy atom. The molecule has 0 bridgehead atoms. The van der Waals surface area contributed by atoms with Crippen molar-refractivity contribution in [3.8, 4) is 0 Å². The molecule has 2 aromatic rings. The summed E-state index contributed by atoms with van der Waals surface area (Å²) in [5, 5.41) is 0. The smallest absolute Gasteiger partial charge is 0.258 e. The van der Waals surface area contributed by atoms with Gasteiger partial charge in [-0.05, 0) is 43.7 Å². The number of carbonyl (C=O) groups excluding carboxylic acids is 1. The molecule has 4 heteroatoms. The number of halogens is 1. The fourth-order valence-electron chi connectivity index (χ4n) is 2.22. The highest BCUT2D eigenvalue weighted by Crippen LogP contribution is 2.22. The first-order valence-electron chi connectivity index (χ1n) is 6.30. The lowest BCUT2D eigenvalue weighted by Crippen LogP contribution is -2.27. The van der Waals surface area contributed by atoms with Crippen molar-refractivity contribution in [1.29, 1.82) is 0 Å². The zero-order chi connectivity index (χ0) is 14.9. The van der Waals surface area contributed by atoms with Crippen molar-refractivity contribution in [1.82, 2.24) is 0 Å². The summed E-state index contributed by atoms with van der Waals surface area (Å²) >= 11 is 0. The van der Waals surface area contributed by atoms with E-state index in [1.54, 1.807) is 7.05 Å². The average Bonchev–Trinajstić information content (AvgIpc) is 2.36. The predicted molar refractivity (Wildman–Crippen MR) is 79.5 cm³/mol. The van der Waals surface area contributed by atoms with E-state index in [1.165, 1.54) is 23.1 Å². The number of hydrogen-bond donors (Lipinski definition) is 1. The van der Waals surface area contributed by atoms with Gasteiger partial charge in [-0.25, -0.2) is 4.39 Å². The van der Waals surface area contributed by atoms with Crippen LogP contribution in [0.25, 0.3) is 0 Å². The lowest BCUT2D eigenvalue weighted by molar-refractivity contribution is 0.0992. The number of carbonyl (C=O) groups is 1. The molecule has 0 heterocycles. The second-order valence-corrected chi connectivity index (χ2v) is 4.93. The Balaban J connectivity index is 2.37. The normalized spacial score (nSPS) is 10.4. The number of amides is 1. The standard InChI is InChI=1S/C16H17FN2O/c1-10-4-5-15(11(2)6-10)19(3)16(20)12-7-13(17)9-14(18)8-12/h4-9H,18H2,1-3H3. The van der Waals surface area contributed by atoms with Crippen LogP contribution in [0.4, 0.5) is 15.8 Å². The molecule has 2 rings (SSSR count). The lowest BCUT2D eigenvalue weighted by atomic mass is 10.1. The van der Waals surface area contributed by atoms with Gasteiger partial charge in [-0.3, -0.25) is 4.79 Å². The molecule has 2 aromatic carbocycles. The van der Waals surface area contributed by atoms with E-state index in [-0.39, 0.29) is 17.2 Å². The first-order chi connectivity index (χ1) is 9.38. The van der Waals surface area contributed by atoms with Gasteiger partial charge in [-0.15, -0.1) is 0 Å². The van der Waals surface area contributed by atoms with Gasteiger partial charge in [0.05, 0.1) is 0 Å². The van der Waals surface area contributed by atoms with Crippen LogP contribution >= 0.6 is 0 Å². The Labute approximate surface area is 117 Å². The molecule has 0 aliphatic heterocycles. The highest BCUT2D eigenvalue weighted by molar-refractivity contribution is 6.06. The number of nitrogens with two attached hydrogens (primary N) is 1. The van der Waals surface area contributed by atoms with Crippen LogP contribution in [0.3, 0.4) is 0 Å². The summed E-state index contributed by atoms with van der Waals surface area (Å²) in [5.74, 6) is -0.800. The maximum absolute atomic E-state index is 13.3. The number of aryl methyl sites for hydroxylation is 2. The number of nitrogen functional groups attached to an aromatic ring is 1. The number of rotatable bonds is 2. The number of benzene rings is 2. The molecule has 0 aliphatic carbocycles. The van der Waals surface area contributed by atoms with E-state index in [0.717, 1.165) is 16.8 Å². The van der Waals surface area contributed by atoms with Crippen molar-refractivity contribution in [3.05, 3.63) is 58.9 Å². The molecule has 0 fully saturated rings. The molecule has 0 atom stereocenters. The van der Waals surface area contributed by atoms with Crippen molar-refractivity contribution < 1.29 is 9.18 Å². The quantitative estimate of drug-likeness (QED) is 0.853. The zero-order valence-electron chi connectivity index (χ0n) is 11.8. The van der Waals surface area contributed by atoms with Gasteiger partial charge in [0.1, 0.15) is 5.82 Å². The number of anilines is 2. The van der Waals surface area contributed by atoms with E-state index in [0.29, 0.717) is 0 Å². The van der Waals surface area contributed by atoms with Gasteiger partial charge in [0.15, 0.2) is 0 Å². The molecule has 0 unspecified atom stereocenters. The predicted octanol–water partition coefficient (Wildman–Crippen LogP) is 3.30. The van der Waals surface area contributed by atoms with Crippen molar-refractivity contribution in [2.45, 2.75) is 13.8 Å². The molecule has 0 radical (unpaired) electrons. The van der Waals surface area contributed by atoms with Gasteiger partial charge >= 0.3 is 0 Å². The van der Waals surface area contributed by atoms with Gasteiger partial charge in [-0.2, -0.15) is 0 Å². The fourth-order valence-corrected chi connectivity index (χ4v) is 2.22. The minimum Gasteiger partial charge on any atom is -0.399 e. The molecular weight excluding hydrogens is 255 g/mol. The van der Waals surface area contributed by atoms with E-state index >= 15 is 0 Å². The summed E-state index contributed by atoms with van der Waals surface area (Å²) in [6, 6.07) is 9.67. The Kier molecular flexibility index (Phi) is 3.74. The third-order valence-corrected chi connectivity index (χ3v) is 3.19. The topological polar surface area (TPSA) is 46.3 Å². The third-order valence-electron chi connectivity index (χ3n) is 3.19. The highest BCUT2D eigenvalue weighted by Gasteiger charge is 2.16. The van der Waals surface area contributed by atoms with Crippen molar-refractivity contribution in [2.24, 2.45) is 0 Å². The Bertz CT molecular complexity index is 647. The summed E-state index contributed by atoms with van der Waals surface area (Å²) in [5.41, 5.74) is 8.97. The Morgan fingerprint density at radius 1 is 1.15 bits per heavy atom. The number of hydrogen-bond acceptors (Lipinski definition) is 2. The molecule has 0 aliphatic rings. The van der Waals surface area contributed by atoms with E-state index in [1.807, 2.05) is 32.0 Å². The monoisotopic (exact) mass is 272 g/mol. The highest BCUT2D eigenvalue weighted by atomic mass is 19.1. The van der Waals surface area contributed by atoms with Crippen LogP contribution in [0.5, 0.6) is 0 Å². The Morgan fingerprint density at radius 3 is 2.45 bits per heavy atom. The van der Waals surface area contributed by atoms with Gasteiger partial charge in [0.25, 0.3) is 5.91 Å².